The molecular weight excluding hydrogens is 210 g/mol. The average Bonchev–Trinajstić information content (AvgIpc) is 2.32. The number of non-ortho nitro benzene ring substituents is 1. The molecule has 0 spiro atoms. The van der Waals surface area contributed by atoms with E-state index in [-0.39, 0.29) is 5.69 Å². The molecule has 1 heterocycles. The van der Waals surface area contributed by atoms with Gasteiger partial charge in [0, 0.05) is 18.6 Å². The van der Waals surface area contributed by atoms with E-state index in [0.717, 1.165) is 5.56 Å². The maximum absolute atomic E-state index is 11.2. The number of nitro benzene ring substituents is 1. The van der Waals surface area contributed by atoms with Crippen molar-refractivity contribution < 1.29 is 14.5 Å². The molecular formula is C11H13NO4. The van der Waals surface area contributed by atoms with Gasteiger partial charge in [-0.15, -0.1) is 0 Å². The van der Waals surface area contributed by atoms with Crippen molar-refractivity contribution >= 4 is 11.7 Å². The Hall–Kier alpha value is -1.91. The van der Waals surface area contributed by atoms with Crippen molar-refractivity contribution in [1.29, 1.82) is 0 Å². The lowest BCUT2D eigenvalue weighted by atomic mass is 10.0. The third-order valence-electron chi connectivity index (χ3n) is 2.13. The molecule has 16 heavy (non-hydrogen) atoms. The first-order valence-electron chi connectivity index (χ1n) is 5.13. The fourth-order valence-corrected chi connectivity index (χ4v) is 1.42. The van der Waals surface area contributed by atoms with Gasteiger partial charge in [-0.05, 0) is 5.56 Å². The summed E-state index contributed by atoms with van der Waals surface area (Å²) >= 11 is 0. The van der Waals surface area contributed by atoms with Gasteiger partial charge in [-0.2, -0.15) is 0 Å². The Bertz CT molecular complexity index is 414. The van der Waals surface area contributed by atoms with Crippen LogP contribution in [0.4, 0.5) is 5.69 Å². The highest BCUT2D eigenvalue weighted by Gasteiger charge is 2.21. The quantitative estimate of drug-likeness (QED) is 0.416. The summed E-state index contributed by atoms with van der Waals surface area (Å²) < 4.78 is 4.78. The number of hydrogen-bond donors (Lipinski definition) is 0. The zero-order valence-electron chi connectivity index (χ0n) is 9.23. The summed E-state index contributed by atoms with van der Waals surface area (Å²) in [5, 5.41) is 10.4. The lowest BCUT2D eigenvalue weighted by molar-refractivity contribution is -0.384. The first-order valence-corrected chi connectivity index (χ1v) is 5.13. The van der Waals surface area contributed by atoms with Crippen LogP contribution >= 0.6 is 0 Å². The van der Waals surface area contributed by atoms with Crippen LogP contribution < -0.4 is 0 Å². The molecule has 2 rings (SSSR count). The van der Waals surface area contributed by atoms with Gasteiger partial charge in [0.15, 0.2) is 0 Å². The monoisotopic (exact) mass is 223 g/mol. The molecule has 0 N–H and O–H groups in total. The smallest absolute Gasteiger partial charge is 0.338 e. The number of esters is 1. The van der Waals surface area contributed by atoms with E-state index in [9.17, 15) is 14.9 Å². The van der Waals surface area contributed by atoms with Gasteiger partial charge in [-0.1, -0.05) is 19.9 Å². The lowest BCUT2D eigenvalue weighted by Crippen LogP contribution is -2.17. The number of benzene rings is 1. The first-order chi connectivity index (χ1) is 7.68. The molecule has 0 aliphatic carbocycles. The number of rotatable bonds is 1. The third kappa shape index (κ3) is 2.36. The van der Waals surface area contributed by atoms with Gasteiger partial charge < -0.3 is 4.74 Å². The first kappa shape index (κ1) is 12.2. The number of carbonyl (C=O) groups is 1. The van der Waals surface area contributed by atoms with Crippen molar-refractivity contribution in [1.82, 2.24) is 0 Å². The van der Waals surface area contributed by atoms with Crippen molar-refractivity contribution in [2.45, 2.75) is 20.3 Å². The standard InChI is InChI=1S/C9H7NO4.C2H6/c11-9-8-5-7(10(12)13)2-1-6(8)3-4-14-9;1-2/h1-2,5H,3-4H2;1-2H3. The highest BCUT2D eigenvalue weighted by atomic mass is 16.6. The molecule has 1 aliphatic heterocycles. The van der Waals surface area contributed by atoms with E-state index in [1.807, 2.05) is 13.8 Å². The molecule has 0 unspecified atom stereocenters. The van der Waals surface area contributed by atoms with E-state index < -0.39 is 10.9 Å². The number of cyclic esters (lactones) is 1. The normalized spacial score (nSPS) is 13.0. The molecule has 86 valence electrons. The molecule has 0 saturated carbocycles. The van der Waals surface area contributed by atoms with Gasteiger partial charge >= 0.3 is 5.97 Å². The predicted octanol–water partition coefficient (Wildman–Crippen LogP) is 2.33. The van der Waals surface area contributed by atoms with Crippen molar-refractivity contribution in [3.05, 3.63) is 39.4 Å². The minimum Gasteiger partial charge on any atom is -0.462 e. The Morgan fingerprint density at radius 1 is 1.38 bits per heavy atom. The maximum atomic E-state index is 11.2. The maximum Gasteiger partial charge on any atom is 0.338 e. The van der Waals surface area contributed by atoms with Gasteiger partial charge in [-0.3, -0.25) is 10.1 Å². The third-order valence-corrected chi connectivity index (χ3v) is 2.13. The zero-order valence-corrected chi connectivity index (χ0v) is 9.23. The average molecular weight is 223 g/mol. The van der Waals surface area contributed by atoms with Crippen LogP contribution in [-0.4, -0.2) is 17.5 Å². The molecule has 0 atom stereocenters. The van der Waals surface area contributed by atoms with Crippen molar-refractivity contribution in [3.8, 4) is 0 Å². The molecule has 0 aromatic heterocycles. The number of fused-ring (bicyclic) bond motifs is 1. The van der Waals surface area contributed by atoms with Crippen LogP contribution in [0, 0.1) is 10.1 Å². The largest absolute Gasteiger partial charge is 0.462 e. The van der Waals surface area contributed by atoms with Gasteiger partial charge in [0.2, 0.25) is 0 Å². The molecule has 0 amide bonds. The second-order valence-electron chi connectivity index (χ2n) is 2.98. The van der Waals surface area contributed by atoms with Crippen LogP contribution in [0.1, 0.15) is 29.8 Å². The number of hydrogen-bond acceptors (Lipinski definition) is 4. The Morgan fingerprint density at radius 2 is 2.06 bits per heavy atom. The second kappa shape index (κ2) is 5.25. The Morgan fingerprint density at radius 3 is 2.69 bits per heavy atom. The molecule has 5 nitrogen and oxygen atoms in total. The summed E-state index contributed by atoms with van der Waals surface area (Å²) in [4.78, 5) is 21.1. The topological polar surface area (TPSA) is 69.4 Å². The Kier molecular flexibility index (Phi) is 3.99. The van der Waals surface area contributed by atoms with Crippen LogP contribution in [0.5, 0.6) is 0 Å². The van der Waals surface area contributed by atoms with Crippen LogP contribution in [0.15, 0.2) is 18.2 Å². The fraction of sp³-hybridized carbons (Fsp3) is 0.364. The minimum atomic E-state index is -0.526. The van der Waals surface area contributed by atoms with Crippen LogP contribution in [0.3, 0.4) is 0 Å². The number of carbonyl (C=O) groups excluding carboxylic acids is 1. The number of ether oxygens (including phenoxy) is 1. The van der Waals surface area contributed by atoms with Gasteiger partial charge in [0.25, 0.3) is 5.69 Å². The summed E-state index contributed by atoms with van der Waals surface area (Å²) in [6.07, 6.45) is 0.624. The summed E-state index contributed by atoms with van der Waals surface area (Å²) in [5.41, 5.74) is 1.04. The molecule has 0 bridgehead atoms. The van der Waals surface area contributed by atoms with E-state index in [1.54, 1.807) is 6.07 Å². The Labute approximate surface area is 93.2 Å². The van der Waals surface area contributed by atoms with Crippen molar-refractivity contribution in [3.63, 3.8) is 0 Å². The van der Waals surface area contributed by atoms with Crippen molar-refractivity contribution in [2.24, 2.45) is 0 Å². The molecule has 0 saturated heterocycles. The SMILES string of the molecule is CC.O=C1OCCc2ccc([N+](=O)[O-])cc21. The number of nitro groups is 1. The van der Waals surface area contributed by atoms with E-state index >= 15 is 0 Å². The van der Waals surface area contributed by atoms with E-state index in [0.29, 0.717) is 18.6 Å². The molecule has 1 aliphatic rings. The summed E-state index contributed by atoms with van der Waals surface area (Å²) in [6, 6.07) is 4.27. The highest BCUT2D eigenvalue weighted by molar-refractivity contribution is 5.92. The molecule has 5 heteroatoms. The molecule has 1 aromatic rings. The molecule has 1 aromatic carbocycles. The fourth-order valence-electron chi connectivity index (χ4n) is 1.42. The van der Waals surface area contributed by atoms with Crippen molar-refractivity contribution in [2.75, 3.05) is 6.61 Å². The second-order valence-corrected chi connectivity index (χ2v) is 2.98. The highest BCUT2D eigenvalue weighted by Crippen LogP contribution is 2.22. The molecule has 0 radical (unpaired) electrons. The lowest BCUT2D eigenvalue weighted by Gasteiger charge is -2.14. The van der Waals surface area contributed by atoms with Crippen LogP contribution in [0.25, 0.3) is 0 Å². The van der Waals surface area contributed by atoms with Crippen LogP contribution in [-0.2, 0) is 11.2 Å². The van der Waals surface area contributed by atoms with Gasteiger partial charge in [0.1, 0.15) is 0 Å². The van der Waals surface area contributed by atoms with Crippen LogP contribution in [0.2, 0.25) is 0 Å². The van der Waals surface area contributed by atoms with Gasteiger partial charge in [0.05, 0.1) is 17.1 Å². The summed E-state index contributed by atoms with van der Waals surface area (Å²) in [6.45, 7) is 4.35. The minimum absolute atomic E-state index is 0.0809. The van der Waals surface area contributed by atoms with E-state index in [1.165, 1.54) is 12.1 Å². The van der Waals surface area contributed by atoms with Gasteiger partial charge in [-0.25, -0.2) is 4.79 Å². The Balaban J connectivity index is 0.000000606. The predicted molar refractivity (Wildman–Crippen MR) is 58.4 cm³/mol. The summed E-state index contributed by atoms with van der Waals surface area (Å²) in [5.74, 6) is -0.477. The van der Waals surface area contributed by atoms with E-state index in [4.69, 9.17) is 4.74 Å². The zero-order chi connectivity index (χ0) is 12.1. The number of nitrogens with zero attached hydrogens (tertiary/aromatic N) is 1. The summed E-state index contributed by atoms with van der Waals surface area (Å²) in [7, 11) is 0. The molecule has 0 fully saturated rings. The van der Waals surface area contributed by atoms with E-state index in [2.05, 4.69) is 0 Å².